The van der Waals surface area contributed by atoms with Gasteiger partial charge in [-0.2, -0.15) is 70.8 Å². The molecule has 0 aromatic heterocycles. The van der Waals surface area contributed by atoms with Gasteiger partial charge >= 0.3 is 51.7 Å². The van der Waals surface area contributed by atoms with E-state index in [0.29, 0.717) is 5.56 Å². The first-order chi connectivity index (χ1) is 16.5. The van der Waals surface area contributed by atoms with Crippen molar-refractivity contribution in [1.82, 2.24) is 0 Å². The average Bonchev–Trinajstić information content (AvgIpc) is 2.73. The zero-order valence-corrected chi connectivity index (χ0v) is 17.9. The lowest BCUT2D eigenvalue weighted by atomic mass is 10.1. The minimum absolute atomic E-state index is 0.374. The minimum atomic E-state index is -7.59. The van der Waals surface area contributed by atoms with E-state index in [-0.39, 0.29) is 5.56 Å². The SMILES string of the molecule is Cc1ccc(C(C#N)=NOS(=O)(=O)C(F)(F)C(F)(F)OC(F)(C(F)(F)F)C(F)(F)OC(F)=C(F)F)cc1. The second-order valence-corrected chi connectivity index (χ2v) is 7.90. The Labute approximate surface area is 196 Å². The molecule has 0 fully saturated rings. The zero-order valence-electron chi connectivity index (χ0n) is 17.1. The van der Waals surface area contributed by atoms with Crippen LogP contribution in [0.25, 0.3) is 0 Å². The number of hydrogen-bond donors (Lipinski definition) is 0. The molecule has 1 rings (SSSR count). The number of benzene rings is 1. The lowest BCUT2D eigenvalue weighted by Gasteiger charge is -2.36. The fourth-order valence-corrected chi connectivity index (χ4v) is 2.46. The number of rotatable bonds is 10. The van der Waals surface area contributed by atoms with Gasteiger partial charge in [0.05, 0.1) is 0 Å². The second kappa shape index (κ2) is 10.2. The van der Waals surface area contributed by atoms with Gasteiger partial charge in [-0.05, 0) is 6.92 Å². The highest BCUT2D eigenvalue weighted by Gasteiger charge is 2.83. The maximum absolute atomic E-state index is 14.0. The monoisotopic (exact) mass is 586 g/mol. The Morgan fingerprint density at radius 2 is 1.38 bits per heavy atom. The fraction of sp³-hybridized carbons (Fsp3) is 0.375. The molecule has 1 aromatic rings. The van der Waals surface area contributed by atoms with Crippen LogP contribution in [0.15, 0.2) is 41.5 Å². The van der Waals surface area contributed by atoms with E-state index in [1.54, 1.807) is 4.74 Å². The Morgan fingerprint density at radius 1 is 0.892 bits per heavy atom. The molecule has 0 saturated carbocycles. The molecule has 0 aliphatic rings. The topological polar surface area (TPSA) is 98.0 Å². The summed E-state index contributed by atoms with van der Waals surface area (Å²) in [4.78, 5) is 0. The predicted octanol–water partition coefficient (Wildman–Crippen LogP) is 5.64. The minimum Gasteiger partial charge on any atom is -0.398 e. The van der Waals surface area contributed by atoms with Crippen molar-refractivity contribution in [3.63, 3.8) is 0 Å². The van der Waals surface area contributed by atoms with Crippen LogP contribution < -0.4 is 0 Å². The van der Waals surface area contributed by atoms with Crippen LogP contribution in [0.3, 0.4) is 0 Å². The van der Waals surface area contributed by atoms with Gasteiger partial charge in [0.25, 0.3) is 0 Å². The highest BCUT2D eigenvalue weighted by atomic mass is 32.2. The van der Waals surface area contributed by atoms with Gasteiger partial charge in [-0.3, -0.25) is 9.02 Å². The molecule has 0 heterocycles. The van der Waals surface area contributed by atoms with Crippen molar-refractivity contribution in [2.24, 2.45) is 5.16 Å². The summed E-state index contributed by atoms with van der Waals surface area (Å²) < 4.78 is 201. The van der Waals surface area contributed by atoms with Crippen LogP contribution in [0.5, 0.6) is 0 Å². The Bertz CT molecular complexity index is 1200. The normalized spacial score (nSPS) is 15.4. The van der Waals surface area contributed by atoms with E-state index in [1.807, 2.05) is 4.74 Å². The van der Waals surface area contributed by atoms with Gasteiger partial charge in [-0.25, -0.2) is 0 Å². The first-order valence-corrected chi connectivity index (χ1v) is 9.84. The highest BCUT2D eigenvalue weighted by molar-refractivity contribution is 7.87. The number of hydrogen-bond acceptors (Lipinski definition) is 7. The van der Waals surface area contributed by atoms with E-state index in [0.717, 1.165) is 18.2 Å². The molecule has 37 heavy (non-hydrogen) atoms. The van der Waals surface area contributed by atoms with E-state index in [1.165, 1.54) is 19.1 Å². The second-order valence-electron chi connectivity index (χ2n) is 6.33. The van der Waals surface area contributed by atoms with Gasteiger partial charge in [-0.1, -0.05) is 35.0 Å². The number of nitriles is 1. The summed E-state index contributed by atoms with van der Waals surface area (Å²) in [6, 6.07) is 1.63. The first kappa shape index (κ1) is 31.7. The molecule has 1 unspecified atom stereocenters. The highest BCUT2D eigenvalue weighted by Crippen LogP contribution is 2.53. The summed E-state index contributed by atoms with van der Waals surface area (Å²) in [5.41, 5.74) is -1.04. The number of ether oxygens (including phenoxy) is 2. The molecule has 21 heteroatoms. The standard InChI is InChI=1S/C16H7F13N2O5S/c1-7-2-4-8(5-3-7)9(6-30)31-36-37(32,33)16(28,29)15(26,27)35-12(20,13(21,22)23)14(24,25)34-11(19)10(17)18/h2-5H,1H3. The smallest absolute Gasteiger partial charge is 0.398 e. The summed E-state index contributed by atoms with van der Waals surface area (Å²) >= 11 is 0. The molecular formula is C16H7F13N2O5S. The lowest BCUT2D eigenvalue weighted by Crippen LogP contribution is -2.64. The summed E-state index contributed by atoms with van der Waals surface area (Å²) in [5.74, 6) is -7.59. The summed E-state index contributed by atoms with van der Waals surface area (Å²) in [7, 11) is -7.41. The number of nitrogens with zero attached hydrogens (tertiary/aromatic N) is 2. The van der Waals surface area contributed by atoms with Crippen LogP contribution in [0.4, 0.5) is 57.1 Å². The molecule has 0 amide bonds. The van der Waals surface area contributed by atoms with Crippen molar-refractivity contribution in [3.05, 3.63) is 47.5 Å². The number of halogens is 13. The lowest BCUT2D eigenvalue weighted by molar-refractivity contribution is -0.510. The Balaban J connectivity index is 3.48. The van der Waals surface area contributed by atoms with Crippen molar-refractivity contribution in [1.29, 1.82) is 5.26 Å². The molecule has 0 radical (unpaired) electrons. The molecule has 0 bridgehead atoms. The number of oxime groups is 1. The van der Waals surface area contributed by atoms with Gasteiger partial charge in [0.15, 0.2) is 5.71 Å². The summed E-state index contributed by atoms with van der Waals surface area (Å²) in [6.07, 6.45) is -26.3. The van der Waals surface area contributed by atoms with Gasteiger partial charge in [0.2, 0.25) is 0 Å². The van der Waals surface area contributed by atoms with Gasteiger partial charge in [0, 0.05) is 5.56 Å². The Morgan fingerprint density at radius 3 is 1.78 bits per heavy atom. The summed E-state index contributed by atoms with van der Waals surface area (Å²) in [5, 5.41) is 3.98. The van der Waals surface area contributed by atoms with Crippen LogP contribution in [-0.2, 0) is 23.9 Å². The molecule has 0 spiro atoms. The molecule has 0 aliphatic carbocycles. The maximum atomic E-state index is 14.0. The average molecular weight is 586 g/mol. The third-order valence-electron chi connectivity index (χ3n) is 3.68. The van der Waals surface area contributed by atoms with E-state index >= 15 is 0 Å². The van der Waals surface area contributed by atoms with Crippen LogP contribution in [-0.4, -0.2) is 43.6 Å². The molecule has 1 aromatic carbocycles. The van der Waals surface area contributed by atoms with Gasteiger partial charge < -0.3 is 4.74 Å². The molecule has 0 aliphatic heterocycles. The van der Waals surface area contributed by atoms with E-state index in [2.05, 4.69) is 9.44 Å². The quantitative estimate of drug-likeness (QED) is 0.152. The summed E-state index contributed by atoms with van der Waals surface area (Å²) in [6.45, 7) is 1.51. The van der Waals surface area contributed by atoms with Gasteiger partial charge in [-0.15, -0.1) is 0 Å². The third kappa shape index (κ3) is 6.35. The van der Waals surface area contributed by atoms with E-state index < -0.39 is 57.4 Å². The van der Waals surface area contributed by atoms with Crippen LogP contribution >= 0.6 is 0 Å². The largest absolute Gasteiger partial charge is 0.473 e. The third-order valence-corrected chi connectivity index (χ3v) is 4.82. The van der Waals surface area contributed by atoms with Crippen molar-refractivity contribution in [2.45, 2.75) is 36.4 Å². The molecule has 0 N–H and O–H groups in total. The zero-order chi connectivity index (χ0) is 29.3. The van der Waals surface area contributed by atoms with E-state index in [9.17, 15) is 65.5 Å². The Kier molecular flexibility index (Phi) is 8.78. The fourth-order valence-electron chi connectivity index (χ4n) is 1.86. The van der Waals surface area contributed by atoms with Crippen LogP contribution in [0, 0.1) is 18.3 Å². The van der Waals surface area contributed by atoms with Crippen molar-refractivity contribution < 1.29 is 79.3 Å². The number of alkyl halides is 10. The first-order valence-electron chi connectivity index (χ1n) is 8.43. The van der Waals surface area contributed by atoms with Crippen LogP contribution in [0.1, 0.15) is 11.1 Å². The molecular weight excluding hydrogens is 579 g/mol. The molecule has 7 nitrogen and oxygen atoms in total. The van der Waals surface area contributed by atoms with E-state index in [4.69, 9.17) is 5.26 Å². The van der Waals surface area contributed by atoms with Crippen LogP contribution in [0.2, 0.25) is 0 Å². The van der Waals surface area contributed by atoms with Crippen molar-refractivity contribution >= 4 is 15.8 Å². The predicted molar refractivity (Wildman–Crippen MR) is 90.6 cm³/mol. The number of aryl methyl sites for hydroxylation is 1. The van der Waals surface area contributed by atoms with Crippen molar-refractivity contribution in [2.75, 3.05) is 0 Å². The molecule has 1 atom stereocenters. The van der Waals surface area contributed by atoms with Crippen molar-refractivity contribution in [3.8, 4) is 6.07 Å². The maximum Gasteiger partial charge on any atom is 0.473 e. The Hall–Kier alpha value is -3.28. The van der Waals surface area contributed by atoms with Gasteiger partial charge in [0.1, 0.15) is 6.07 Å². The molecule has 0 saturated heterocycles. The molecule has 208 valence electrons.